The van der Waals surface area contributed by atoms with E-state index >= 15 is 0 Å². The van der Waals surface area contributed by atoms with E-state index in [2.05, 4.69) is 9.46 Å². The van der Waals surface area contributed by atoms with Crippen molar-refractivity contribution in [2.24, 2.45) is 0 Å². The molecular formula is C19H23NO5S. The third-order valence-electron chi connectivity index (χ3n) is 3.78. The van der Waals surface area contributed by atoms with Gasteiger partial charge in [0, 0.05) is 6.04 Å². The molecule has 0 unspecified atom stereocenters. The van der Waals surface area contributed by atoms with Gasteiger partial charge in [-0.2, -0.15) is 0 Å². The number of hydrogen-bond acceptors (Lipinski definition) is 5. The highest BCUT2D eigenvalue weighted by Crippen LogP contribution is 2.19. The zero-order valence-electron chi connectivity index (χ0n) is 15.1. The van der Waals surface area contributed by atoms with E-state index in [4.69, 9.17) is 4.74 Å². The van der Waals surface area contributed by atoms with Gasteiger partial charge in [0.05, 0.1) is 25.0 Å². The summed E-state index contributed by atoms with van der Waals surface area (Å²) < 4.78 is 37.5. The molecule has 0 amide bonds. The van der Waals surface area contributed by atoms with Gasteiger partial charge >= 0.3 is 5.97 Å². The van der Waals surface area contributed by atoms with Crippen LogP contribution in [0.4, 0.5) is 0 Å². The van der Waals surface area contributed by atoms with Crippen molar-refractivity contribution in [1.82, 2.24) is 4.72 Å². The number of hydrogen-bond donors (Lipinski definition) is 1. The van der Waals surface area contributed by atoms with E-state index in [-0.39, 0.29) is 11.8 Å². The first-order valence-electron chi connectivity index (χ1n) is 8.24. The van der Waals surface area contributed by atoms with Gasteiger partial charge in [-0.1, -0.05) is 24.3 Å². The minimum absolute atomic E-state index is 0.171. The topological polar surface area (TPSA) is 81.7 Å². The molecular weight excluding hydrogens is 354 g/mol. The standard InChI is InChI=1S/C19H23NO5S/c1-4-25-18-11-9-16(10-12-18)14(2)20-26(22,23)13-15-5-7-17(8-6-15)19(21)24-3/h5-12,14,20H,4,13H2,1-3H3/t14-/m1/s1. The molecule has 0 fully saturated rings. The summed E-state index contributed by atoms with van der Waals surface area (Å²) in [4.78, 5) is 11.4. The molecule has 2 rings (SSSR count). The molecule has 2 aromatic rings. The summed E-state index contributed by atoms with van der Waals surface area (Å²) in [5, 5.41) is 0. The molecule has 26 heavy (non-hydrogen) atoms. The normalized spacial score (nSPS) is 12.4. The third kappa shape index (κ3) is 5.57. The number of ether oxygens (including phenoxy) is 2. The van der Waals surface area contributed by atoms with Crippen LogP contribution in [-0.4, -0.2) is 28.1 Å². The van der Waals surface area contributed by atoms with Crippen LogP contribution in [0.3, 0.4) is 0 Å². The van der Waals surface area contributed by atoms with Gasteiger partial charge in [0.25, 0.3) is 0 Å². The van der Waals surface area contributed by atoms with Crippen molar-refractivity contribution in [3.8, 4) is 5.75 Å². The first-order valence-corrected chi connectivity index (χ1v) is 9.90. The Morgan fingerprint density at radius 1 is 1.08 bits per heavy atom. The van der Waals surface area contributed by atoms with Crippen LogP contribution < -0.4 is 9.46 Å². The number of carbonyl (C=O) groups is 1. The van der Waals surface area contributed by atoms with Crippen molar-refractivity contribution in [3.63, 3.8) is 0 Å². The number of rotatable bonds is 8. The Morgan fingerprint density at radius 2 is 1.69 bits per heavy atom. The highest BCUT2D eigenvalue weighted by molar-refractivity contribution is 7.88. The van der Waals surface area contributed by atoms with Crippen LogP contribution in [0.25, 0.3) is 0 Å². The molecule has 0 spiro atoms. The third-order valence-corrected chi connectivity index (χ3v) is 5.21. The van der Waals surface area contributed by atoms with E-state index in [1.807, 2.05) is 31.2 Å². The van der Waals surface area contributed by atoms with Crippen molar-refractivity contribution in [3.05, 3.63) is 65.2 Å². The lowest BCUT2D eigenvalue weighted by Gasteiger charge is -2.15. The van der Waals surface area contributed by atoms with Gasteiger partial charge in [0.15, 0.2) is 0 Å². The van der Waals surface area contributed by atoms with Crippen LogP contribution >= 0.6 is 0 Å². The van der Waals surface area contributed by atoms with Gasteiger partial charge in [-0.3, -0.25) is 0 Å². The smallest absolute Gasteiger partial charge is 0.337 e. The highest BCUT2D eigenvalue weighted by atomic mass is 32.2. The summed E-state index contributed by atoms with van der Waals surface area (Å²) in [6.07, 6.45) is 0. The SMILES string of the molecule is CCOc1ccc([C@@H](C)NS(=O)(=O)Cc2ccc(C(=O)OC)cc2)cc1. The van der Waals surface area contributed by atoms with E-state index in [9.17, 15) is 13.2 Å². The lowest BCUT2D eigenvalue weighted by atomic mass is 10.1. The molecule has 0 bridgehead atoms. The fourth-order valence-corrected chi connectivity index (χ4v) is 3.86. The molecule has 2 aromatic carbocycles. The van der Waals surface area contributed by atoms with Gasteiger partial charge in [0.2, 0.25) is 10.0 Å². The second-order valence-corrected chi connectivity index (χ2v) is 7.54. The Balaban J connectivity index is 2.02. The molecule has 0 radical (unpaired) electrons. The van der Waals surface area contributed by atoms with Crippen LogP contribution in [0, 0.1) is 0 Å². The second kappa shape index (κ2) is 8.82. The molecule has 0 heterocycles. The molecule has 6 nitrogen and oxygen atoms in total. The molecule has 1 atom stereocenters. The number of esters is 1. The first-order chi connectivity index (χ1) is 12.3. The average Bonchev–Trinajstić information content (AvgIpc) is 2.61. The van der Waals surface area contributed by atoms with Gasteiger partial charge in [-0.25, -0.2) is 17.9 Å². The summed E-state index contributed by atoms with van der Waals surface area (Å²) in [6, 6.07) is 13.2. The van der Waals surface area contributed by atoms with Crippen molar-refractivity contribution in [2.75, 3.05) is 13.7 Å². The van der Waals surface area contributed by atoms with E-state index in [1.165, 1.54) is 7.11 Å². The molecule has 0 aliphatic carbocycles. The average molecular weight is 377 g/mol. The molecule has 0 aliphatic rings. The van der Waals surface area contributed by atoms with Crippen LogP contribution in [0.5, 0.6) is 5.75 Å². The summed E-state index contributed by atoms with van der Waals surface area (Å²) >= 11 is 0. The maximum Gasteiger partial charge on any atom is 0.337 e. The number of sulfonamides is 1. The summed E-state index contributed by atoms with van der Waals surface area (Å²) in [6.45, 7) is 4.27. The van der Waals surface area contributed by atoms with E-state index < -0.39 is 16.0 Å². The van der Waals surface area contributed by atoms with Gasteiger partial charge in [-0.15, -0.1) is 0 Å². The number of benzene rings is 2. The maximum absolute atomic E-state index is 12.4. The highest BCUT2D eigenvalue weighted by Gasteiger charge is 2.17. The van der Waals surface area contributed by atoms with Crippen LogP contribution in [0.2, 0.25) is 0 Å². The van der Waals surface area contributed by atoms with Gasteiger partial charge in [0.1, 0.15) is 5.75 Å². The zero-order chi connectivity index (χ0) is 19.2. The Morgan fingerprint density at radius 3 is 2.23 bits per heavy atom. The summed E-state index contributed by atoms with van der Waals surface area (Å²) in [5.41, 5.74) is 1.81. The quantitative estimate of drug-likeness (QED) is 0.715. The number of nitrogens with one attached hydrogen (secondary N) is 1. The van der Waals surface area contributed by atoms with Gasteiger partial charge < -0.3 is 9.47 Å². The number of methoxy groups -OCH3 is 1. The zero-order valence-corrected chi connectivity index (χ0v) is 15.9. The van der Waals surface area contributed by atoms with Crippen LogP contribution in [0.15, 0.2) is 48.5 Å². The fourth-order valence-electron chi connectivity index (χ4n) is 2.47. The lowest BCUT2D eigenvalue weighted by molar-refractivity contribution is 0.0600. The molecule has 0 saturated carbocycles. The van der Waals surface area contributed by atoms with Crippen molar-refractivity contribution >= 4 is 16.0 Å². The molecule has 0 saturated heterocycles. The molecule has 0 aliphatic heterocycles. The second-order valence-electron chi connectivity index (χ2n) is 5.79. The predicted molar refractivity (Wildman–Crippen MR) is 99.6 cm³/mol. The molecule has 1 N–H and O–H groups in total. The van der Waals surface area contributed by atoms with Crippen molar-refractivity contribution < 1.29 is 22.7 Å². The van der Waals surface area contributed by atoms with E-state index in [1.54, 1.807) is 31.2 Å². The van der Waals surface area contributed by atoms with E-state index in [0.717, 1.165) is 11.3 Å². The maximum atomic E-state index is 12.4. The minimum Gasteiger partial charge on any atom is -0.494 e. The van der Waals surface area contributed by atoms with Crippen LogP contribution in [0.1, 0.15) is 41.4 Å². The van der Waals surface area contributed by atoms with Crippen molar-refractivity contribution in [2.45, 2.75) is 25.6 Å². The Bertz CT molecular complexity index is 829. The fraction of sp³-hybridized carbons (Fsp3) is 0.316. The Labute approximate surface area is 154 Å². The monoisotopic (exact) mass is 377 g/mol. The molecule has 0 aromatic heterocycles. The molecule has 140 valence electrons. The van der Waals surface area contributed by atoms with Gasteiger partial charge in [-0.05, 0) is 49.2 Å². The lowest BCUT2D eigenvalue weighted by Crippen LogP contribution is -2.28. The van der Waals surface area contributed by atoms with Crippen LogP contribution in [-0.2, 0) is 20.5 Å². The largest absolute Gasteiger partial charge is 0.494 e. The first kappa shape index (κ1) is 19.9. The predicted octanol–water partition coefficient (Wildman–Crippen LogP) is 3.05. The van der Waals surface area contributed by atoms with E-state index in [0.29, 0.717) is 17.7 Å². The summed E-state index contributed by atoms with van der Waals surface area (Å²) in [5.74, 6) is 0.120. The van der Waals surface area contributed by atoms with Crippen molar-refractivity contribution in [1.29, 1.82) is 0 Å². The summed E-state index contributed by atoms with van der Waals surface area (Å²) in [7, 11) is -2.24. The molecule has 7 heteroatoms. The number of carbonyl (C=O) groups excluding carboxylic acids is 1. The Hall–Kier alpha value is -2.38. The Kier molecular flexibility index (Phi) is 6.76. The minimum atomic E-state index is -3.54.